The van der Waals surface area contributed by atoms with Gasteiger partial charge in [-0.2, -0.15) is 0 Å². The number of hydrogen-bond donors (Lipinski definition) is 1. The van der Waals surface area contributed by atoms with E-state index < -0.39 is 0 Å². The number of anilines is 1. The minimum atomic E-state index is 0.616. The number of nitrogens with two attached hydrogens (primary N) is 1. The molecule has 1 aliphatic heterocycles. The van der Waals surface area contributed by atoms with Crippen molar-refractivity contribution in [2.75, 3.05) is 18.0 Å². The van der Waals surface area contributed by atoms with Crippen molar-refractivity contribution in [1.29, 1.82) is 0 Å². The van der Waals surface area contributed by atoms with Crippen molar-refractivity contribution in [3.05, 3.63) is 29.8 Å². The van der Waals surface area contributed by atoms with E-state index in [0.29, 0.717) is 6.04 Å². The van der Waals surface area contributed by atoms with Gasteiger partial charge in [-0.25, -0.2) is 0 Å². The Morgan fingerprint density at radius 3 is 3.00 bits per heavy atom. The molecule has 1 atom stereocenters. The smallest absolute Gasteiger partial charge is 0.0401 e. The van der Waals surface area contributed by atoms with Crippen LogP contribution in [0.3, 0.4) is 0 Å². The fraction of sp³-hybridized carbons (Fsp3) is 0.571. The van der Waals surface area contributed by atoms with Gasteiger partial charge < -0.3 is 10.6 Å². The molecule has 16 heavy (non-hydrogen) atoms. The van der Waals surface area contributed by atoms with Gasteiger partial charge in [-0.15, -0.1) is 0 Å². The van der Waals surface area contributed by atoms with Crippen molar-refractivity contribution in [2.24, 2.45) is 5.73 Å². The highest BCUT2D eigenvalue weighted by Crippen LogP contribution is 2.29. The number of para-hydroxylation sites is 1. The van der Waals surface area contributed by atoms with E-state index in [0.717, 1.165) is 13.0 Å². The summed E-state index contributed by atoms with van der Waals surface area (Å²) in [6.45, 7) is 4.32. The van der Waals surface area contributed by atoms with Gasteiger partial charge in [0.1, 0.15) is 0 Å². The van der Waals surface area contributed by atoms with Gasteiger partial charge in [0.2, 0.25) is 0 Å². The Bertz CT molecular complexity index is 335. The second-order valence-electron chi connectivity index (χ2n) is 4.71. The van der Waals surface area contributed by atoms with Crippen LogP contribution in [0, 0.1) is 0 Å². The van der Waals surface area contributed by atoms with Crippen LogP contribution in [0.5, 0.6) is 0 Å². The van der Waals surface area contributed by atoms with Crippen LogP contribution in [0.2, 0.25) is 0 Å². The highest BCUT2D eigenvalue weighted by molar-refractivity contribution is 5.56. The molecule has 2 nitrogen and oxygen atoms in total. The van der Waals surface area contributed by atoms with Gasteiger partial charge >= 0.3 is 0 Å². The first-order valence-electron chi connectivity index (χ1n) is 6.37. The van der Waals surface area contributed by atoms with Crippen LogP contribution in [-0.4, -0.2) is 19.1 Å². The Kier molecular flexibility index (Phi) is 3.83. The first kappa shape index (κ1) is 11.5. The Hall–Kier alpha value is -1.02. The van der Waals surface area contributed by atoms with Crippen molar-refractivity contribution in [1.82, 2.24) is 0 Å². The lowest BCUT2D eigenvalue weighted by Crippen LogP contribution is -2.37. The van der Waals surface area contributed by atoms with Gasteiger partial charge in [0.25, 0.3) is 0 Å². The lowest BCUT2D eigenvalue weighted by Gasteiger charge is -2.36. The molecule has 0 aliphatic carbocycles. The predicted octanol–water partition coefficient (Wildman–Crippen LogP) is 2.57. The molecule has 2 rings (SSSR count). The maximum absolute atomic E-state index is 5.58. The Morgan fingerprint density at radius 1 is 1.38 bits per heavy atom. The summed E-state index contributed by atoms with van der Waals surface area (Å²) in [7, 11) is 0. The minimum absolute atomic E-state index is 0.616. The van der Waals surface area contributed by atoms with Crippen molar-refractivity contribution in [2.45, 2.75) is 38.6 Å². The topological polar surface area (TPSA) is 29.3 Å². The van der Waals surface area contributed by atoms with E-state index in [4.69, 9.17) is 5.73 Å². The lowest BCUT2D eigenvalue weighted by atomic mass is 9.99. The molecule has 0 radical (unpaired) electrons. The van der Waals surface area contributed by atoms with E-state index in [1.165, 1.54) is 37.1 Å². The standard InChI is InChI=1S/C14H22N2/c1-12(6-4-10-15)16-11-5-8-13-7-2-3-9-14(13)16/h2-3,7,9,12H,4-6,8,10-11,15H2,1H3. The monoisotopic (exact) mass is 218 g/mol. The van der Waals surface area contributed by atoms with Gasteiger partial charge in [-0.3, -0.25) is 0 Å². The highest BCUT2D eigenvalue weighted by Gasteiger charge is 2.20. The Morgan fingerprint density at radius 2 is 2.19 bits per heavy atom. The molecule has 88 valence electrons. The van der Waals surface area contributed by atoms with Gasteiger partial charge in [0, 0.05) is 18.3 Å². The van der Waals surface area contributed by atoms with E-state index in [9.17, 15) is 0 Å². The third-order valence-corrected chi connectivity index (χ3v) is 3.50. The van der Waals surface area contributed by atoms with E-state index in [-0.39, 0.29) is 0 Å². The van der Waals surface area contributed by atoms with Crippen molar-refractivity contribution in [3.8, 4) is 0 Å². The molecule has 0 aromatic heterocycles. The summed E-state index contributed by atoms with van der Waals surface area (Å²) in [6.07, 6.45) is 4.84. The quantitative estimate of drug-likeness (QED) is 0.841. The maximum atomic E-state index is 5.58. The van der Waals surface area contributed by atoms with Crippen LogP contribution in [0.15, 0.2) is 24.3 Å². The predicted molar refractivity (Wildman–Crippen MR) is 69.9 cm³/mol. The number of fused-ring (bicyclic) bond motifs is 1. The molecule has 0 fully saturated rings. The zero-order valence-electron chi connectivity index (χ0n) is 10.2. The molecule has 0 saturated heterocycles. The van der Waals surface area contributed by atoms with Gasteiger partial charge in [0.15, 0.2) is 0 Å². The summed E-state index contributed by atoms with van der Waals surface area (Å²) >= 11 is 0. The molecule has 1 aromatic carbocycles. The molecule has 2 N–H and O–H groups in total. The lowest BCUT2D eigenvalue weighted by molar-refractivity contribution is 0.545. The van der Waals surface area contributed by atoms with E-state index in [1.54, 1.807) is 0 Å². The molecular weight excluding hydrogens is 196 g/mol. The second kappa shape index (κ2) is 5.35. The summed E-state index contributed by atoms with van der Waals surface area (Å²) in [6, 6.07) is 9.43. The Labute approximate surface area is 98.4 Å². The number of aryl methyl sites for hydroxylation is 1. The fourth-order valence-corrected chi connectivity index (χ4v) is 2.59. The van der Waals surface area contributed by atoms with Crippen LogP contribution in [0.4, 0.5) is 5.69 Å². The average molecular weight is 218 g/mol. The zero-order valence-corrected chi connectivity index (χ0v) is 10.2. The third-order valence-electron chi connectivity index (χ3n) is 3.50. The molecule has 1 unspecified atom stereocenters. The molecule has 0 spiro atoms. The van der Waals surface area contributed by atoms with E-state index >= 15 is 0 Å². The molecule has 0 saturated carbocycles. The first-order chi connectivity index (χ1) is 7.83. The summed E-state index contributed by atoms with van der Waals surface area (Å²) in [5.74, 6) is 0. The van der Waals surface area contributed by atoms with Gasteiger partial charge in [0.05, 0.1) is 0 Å². The average Bonchev–Trinajstić information content (AvgIpc) is 2.35. The molecular formula is C14H22N2. The summed E-state index contributed by atoms with van der Waals surface area (Å²) in [5.41, 5.74) is 8.53. The Balaban J connectivity index is 2.12. The van der Waals surface area contributed by atoms with Crippen LogP contribution >= 0.6 is 0 Å². The van der Waals surface area contributed by atoms with Crippen LogP contribution in [-0.2, 0) is 6.42 Å². The maximum Gasteiger partial charge on any atom is 0.0401 e. The van der Waals surface area contributed by atoms with E-state index in [1.807, 2.05) is 0 Å². The van der Waals surface area contributed by atoms with Gasteiger partial charge in [-0.1, -0.05) is 18.2 Å². The number of hydrogen-bond acceptors (Lipinski definition) is 2. The fourth-order valence-electron chi connectivity index (χ4n) is 2.59. The largest absolute Gasteiger partial charge is 0.369 e. The molecule has 0 bridgehead atoms. The molecule has 1 aromatic rings. The van der Waals surface area contributed by atoms with Crippen LogP contribution < -0.4 is 10.6 Å². The SMILES string of the molecule is CC(CCCN)N1CCCc2ccccc21. The highest BCUT2D eigenvalue weighted by atomic mass is 15.2. The minimum Gasteiger partial charge on any atom is -0.369 e. The second-order valence-corrected chi connectivity index (χ2v) is 4.71. The molecule has 2 heteroatoms. The number of nitrogens with zero attached hydrogens (tertiary/aromatic N) is 1. The molecule has 1 heterocycles. The zero-order chi connectivity index (χ0) is 11.4. The van der Waals surface area contributed by atoms with E-state index in [2.05, 4.69) is 36.1 Å². The van der Waals surface area contributed by atoms with Crippen molar-refractivity contribution in [3.63, 3.8) is 0 Å². The number of benzene rings is 1. The number of rotatable bonds is 4. The van der Waals surface area contributed by atoms with Crippen LogP contribution in [0.1, 0.15) is 31.7 Å². The van der Waals surface area contributed by atoms with Crippen molar-refractivity contribution < 1.29 is 0 Å². The molecule has 1 aliphatic rings. The summed E-state index contributed by atoms with van der Waals surface area (Å²) in [4.78, 5) is 2.55. The summed E-state index contributed by atoms with van der Waals surface area (Å²) < 4.78 is 0. The normalized spacial score (nSPS) is 17.0. The summed E-state index contributed by atoms with van der Waals surface area (Å²) in [5, 5.41) is 0. The first-order valence-corrected chi connectivity index (χ1v) is 6.37. The molecule has 0 amide bonds. The van der Waals surface area contributed by atoms with Crippen LogP contribution in [0.25, 0.3) is 0 Å². The third kappa shape index (κ3) is 2.38. The van der Waals surface area contributed by atoms with Gasteiger partial charge in [-0.05, 0) is 50.8 Å². The van der Waals surface area contributed by atoms with Crippen molar-refractivity contribution >= 4 is 5.69 Å².